The molecule has 0 aliphatic heterocycles. The molecule has 0 heterocycles. The van der Waals surface area contributed by atoms with Gasteiger partial charge >= 0.3 is 0 Å². The molecule has 0 fully saturated rings. The van der Waals surface area contributed by atoms with Crippen LogP contribution in [-0.2, 0) is 14.8 Å². The lowest BCUT2D eigenvalue weighted by atomic mass is 10.3. The lowest BCUT2D eigenvalue weighted by Crippen LogP contribution is -2.20. The maximum Gasteiger partial charge on any atom is 0.262 e. The Morgan fingerprint density at radius 3 is 2.30 bits per heavy atom. The van der Waals surface area contributed by atoms with E-state index in [2.05, 4.69) is 10.0 Å². The summed E-state index contributed by atoms with van der Waals surface area (Å²) in [5.41, 5.74) is 0.968. The minimum Gasteiger partial charge on any atom is -0.495 e. The van der Waals surface area contributed by atoms with E-state index in [1.807, 2.05) is 0 Å². The molecular formula is C21H19ClN2O5S. The molecule has 1 amide bonds. The number of rotatable bonds is 8. The van der Waals surface area contributed by atoms with Gasteiger partial charge in [0, 0.05) is 11.4 Å². The third kappa shape index (κ3) is 5.65. The molecule has 3 aromatic carbocycles. The molecule has 0 saturated heterocycles. The summed E-state index contributed by atoms with van der Waals surface area (Å²) in [4.78, 5) is 12.1. The van der Waals surface area contributed by atoms with Gasteiger partial charge in [0.05, 0.1) is 17.0 Å². The molecule has 0 saturated carbocycles. The summed E-state index contributed by atoms with van der Waals surface area (Å²) in [5, 5.41) is 3.03. The molecule has 2 N–H and O–H groups in total. The first-order chi connectivity index (χ1) is 14.4. The molecule has 0 bridgehead atoms. The summed E-state index contributed by atoms with van der Waals surface area (Å²) in [7, 11) is -2.22. The molecule has 0 unspecified atom stereocenters. The van der Waals surface area contributed by atoms with Crippen LogP contribution in [0.25, 0.3) is 0 Å². The van der Waals surface area contributed by atoms with Gasteiger partial charge in [-0.3, -0.25) is 9.52 Å². The van der Waals surface area contributed by atoms with E-state index in [0.29, 0.717) is 27.9 Å². The normalized spacial score (nSPS) is 10.9. The van der Waals surface area contributed by atoms with E-state index >= 15 is 0 Å². The second-order valence-corrected chi connectivity index (χ2v) is 8.22. The van der Waals surface area contributed by atoms with Gasteiger partial charge < -0.3 is 14.8 Å². The quantitative estimate of drug-likeness (QED) is 0.541. The first kappa shape index (κ1) is 21.5. The summed E-state index contributed by atoms with van der Waals surface area (Å²) >= 11 is 6.03. The molecule has 3 rings (SSSR count). The fourth-order valence-corrected chi connectivity index (χ4v) is 3.84. The minimum atomic E-state index is -3.72. The van der Waals surface area contributed by atoms with Crippen LogP contribution in [0.5, 0.6) is 11.5 Å². The van der Waals surface area contributed by atoms with Crippen LogP contribution in [0.3, 0.4) is 0 Å². The van der Waals surface area contributed by atoms with Crippen LogP contribution in [0.15, 0.2) is 77.7 Å². The monoisotopic (exact) mass is 446 g/mol. The van der Waals surface area contributed by atoms with Crippen molar-refractivity contribution in [2.45, 2.75) is 4.90 Å². The topological polar surface area (TPSA) is 93.7 Å². The van der Waals surface area contributed by atoms with Gasteiger partial charge in [-0.1, -0.05) is 29.8 Å². The second-order valence-electron chi connectivity index (χ2n) is 6.13. The third-order valence-electron chi connectivity index (χ3n) is 3.97. The van der Waals surface area contributed by atoms with E-state index in [1.165, 1.54) is 31.4 Å². The fraction of sp³-hybridized carbons (Fsp3) is 0.0952. The lowest BCUT2D eigenvalue weighted by molar-refractivity contribution is -0.118. The number of hydrogen-bond donors (Lipinski definition) is 2. The van der Waals surface area contributed by atoms with Crippen molar-refractivity contribution in [2.75, 3.05) is 23.8 Å². The molecule has 0 radical (unpaired) electrons. The smallest absolute Gasteiger partial charge is 0.262 e. The van der Waals surface area contributed by atoms with E-state index in [1.54, 1.807) is 48.5 Å². The van der Waals surface area contributed by atoms with E-state index in [9.17, 15) is 13.2 Å². The Morgan fingerprint density at radius 1 is 0.967 bits per heavy atom. The molecule has 156 valence electrons. The number of benzene rings is 3. The van der Waals surface area contributed by atoms with Crippen molar-refractivity contribution in [3.63, 3.8) is 0 Å². The zero-order valence-corrected chi connectivity index (χ0v) is 17.5. The van der Waals surface area contributed by atoms with Crippen LogP contribution in [0.4, 0.5) is 11.4 Å². The van der Waals surface area contributed by atoms with Crippen LogP contribution >= 0.6 is 11.6 Å². The van der Waals surface area contributed by atoms with Crippen LogP contribution in [0, 0.1) is 0 Å². The van der Waals surface area contributed by atoms with Crippen LogP contribution in [-0.4, -0.2) is 28.0 Å². The average Bonchev–Trinajstić information content (AvgIpc) is 2.73. The molecule has 3 aromatic rings. The number of carbonyl (C=O) groups is 1. The van der Waals surface area contributed by atoms with Crippen molar-refractivity contribution in [1.29, 1.82) is 0 Å². The van der Waals surface area contributed by atoms with Crippen molar-refractivity contribution in [1.82, 2.24) is 0 Å². The Kier molecular flexibility index (Phi) is 6.81. The number of ether oxygens (including phenoxy) is 2. The SMILES string of the molecule is COc1ccc(NC(=O)COc2ccc(S(=O)(=O)Nc3ccccc3)cc2)cc1Cl. The number of nitrogens with one attached hydrogen (secondary N) is 2. The standard InChI is InChI=1S/C21H19ClN2O5S/c1-28-20-12-7-16(13-19(20)22)23-21(25)14-29-17-8-10-18(11-9-17)30(26,27)24-15-5-3-2-4-6-15/h2-13,24H,14H2,1H3,(H,23,25). The number of methoxy groups -OCH3 is 1. The number of hydrogen-bond acceptors (Lipinski definition) is 5. The van der Waals surface area contributed by atoms with Crippen molar-refractivity contribution in [3.05, 3.63) is 77.8 Å². The van der Waals surface area contributed by atoms with Gasteiger partial charge in [0.2, 0.25) is 0 Å². The maximum atomic E-state index is 12.4. The van der Waals surface area contributed by atoms with E-state index in [4.69, 9.17) is 21.1 Å². The number of anilines is 2. The Morgan fingerprint density at radius 2 is 1.67 bits per heavy atom. The van der Waals surface area contributed by atoms with Gasteiger partial charge in [-0.05, 0) is 54.6 Å². The largest absolute Gasteiger partial charge is 0.495 e. The summed E-state index contributed by atoms with van der Waals surface area (Å²) in [6.07, 6.45) is 0. The van der Waals surface area contributed by atoms with Gasteiger partial charge in [-0.25, -0.2) is 8.42 Å². The molecule has 0 atom stereocenters. The Balaban J connectivity index is 1.56. The van der Waals surface area contributed by atoms with E-state index < -0.39 is 15.9 Å². The molecule has 0 aliphatic rings. The molecular weight excluding hydrogens is 428 g/mol. The first-order valence-corrected chi connectivity index (χ1v) is 10.7. The third-order valence-corrected chi connectivity index (χ3v) is 5.66. The Labute approximate surface area is 179 Å². The van der Waals surface area contributed by atoms with Crippen molar-refractivity contribution in [3.8, 4) is 11.5 Å². The van der Waals surface area contributed by atoms with Gasteiger partial charge in [0.1, 0.15) is 11.5 Å². The lowest BCUT2D eigenvalue weighted by Gasteiger charge is -2.10. The summed E-state index contributed by atoms with van der Waals surface area (Å²) < 4.78 is 37.8. The van der Waals surface area contributed by atoms with E-state index in [0.717, 1.165) is 0 Å². The highest BCUT2D eigenvalue weighted by Crippen LogP contribution is 2.27. The van der Waals surface area contributed by atoms with Gasteiger partial charge in [0.25, 0.3) is 15.9 Å². The second kappa shape index (κ2) is 9.51. The Bertz CT molecular complexity index is 1120. The number of carbonyl (C=O) groups excluding carboxylic acids is 1. The summed E-state index contributed by atoms with van der Waals surface area (Å²) in [6, 6.07) is 19.2. The molecule has 0 aliphatic carbocycles. The van der Waals surface area contributed by atoms with Crippen molar-refractivity contribution in [2.24, 2.45) is 0 Å². The van der Waals surface area contributed by atoms with Crippen LogP contribution in [0.1, 0.15) is 0 Å². The predicted molar refractivity (Wildman–Crippen MR) is 116 cm³/mol. The zero-order valence-electron chi connectivity index (χ0n) is 16.0. The summed E-state index contributed by atoms with van der Waals surface area (Å²) in [5.74, 6) is 0.470. The Hall–Kier alpha value is -3.23. The molecule has 0 spiro atoms. The first-order valence-electron chi connectivity index (χ1n) is 8.81. The highest BCUT2D eigenvalue weighted by atomic mass is 35.5. The number of amides is 1. The van der Waals surface area contributed by atoms with Crippen LogP contribution in [0.2, 0.25) is 5.02 Å². The number of halogens is 1. The van der Waals surface area contributed by atoms with Gasteiger partial charge in [-0.15, -0.1) is 0 Å². The molecule has 0 aromatic heterocycles. The maximum absolute atomic E-state index is 12.4. The molecule has 30 heavy (non-hydrogen) atoms. The van der Waals surface area contributed by atoms with Crippen molar-refractivity contribution < 1.29 is 22.7 Å². The number of sulfonamides is 1. The number of para-hydroxylation sites is 1. The van der Waals surface area contributed by atoms with E-state index in [-0.39, 0.29) is 11.5 Å². The van der Waals surface area contributed by atoms with Crippen LogP contribution < -0.4 is 19.5 Å². The minimum absolute atomic E-state index is 0.0797. The van der Waals surface area contributed by atoms with Gasteiger partial charge in [0.15, 0.2) is 6.61 Å². The molecule has 9 heteroatoms. The zero-order chi connectivity index (χ0) is 21.6. The van der Waals surface area contributed by atoms with Crippen molar-refractivity contribution >= 4 is 38.9 Å². The highest BCUT2D eigenvalue weighted by molar-refractivity contribution is 7.92. The fourth-order valence-electron chi connectivity index (χ4n) is 2.53. The molecule has 7 nitrogen and oxygen atoms in total. The predicted octanol–water partition coefficient (Wildman–Crippen LogP) is 4.17. The average molecular weight is 447 g/mol. The highest BCUT2D eigenvalue weighted by Gasteiger charge is 2.14. The summed E-state index contributed by atoms with van der Waals surface area (Å²) in [6.45, 7) is -0.252. The van der Waals surface area contributed by atoms with Gasteiger partial charge in [-0.2, -0.15) is 0 Å².